The molecule has 0 bridgehead atoms. The lowest BCUT2D eigenvalue weighted by Crippen LogP contribution is -2.00. The van der Waals surface area contributed by atoms with Gasteiger partial charge in [-0.2, -0.15) is 5.10 Å². The van der Waals surface area contributed by atoms with Crippen LogP contribution in [0.1, 0.15) is 5.56 Å². The van der Waals surface area contributed by atoms with E-state index in [-0.39, 0.29) is 0 Å². The van der Waals surface area contributed by atoms with Crippen molar-refractivity contribution in [1.29, 1.82) is 0 Å². The van der Waals surface area contributed by atoms with Gasteiger partial charge in [0.25, 0.3) is 0 Å². The zero-order valence-electron chi connectivity index (χ0n) is 10.8. The molecule has 0 spiro atoms. The Balaban J connectivity index is 1.65. The first-order chi connectivity index (χ1) is 9.85. The van der Waals surface area contributed by atoms with Gasteiger partial charge < -0.3 is 5.32 Å². The van der Waals surface area contributed by atoms with E-state index in [2.05, 4.69) is 27.0 Å². The summed E-state index contributed by atoms with van der Waals surface area (Å²) in [4.78, 5) is 8.38. The number of nitrogens with one attached hydrogen (secondary N) is 1. The average molecular weight is 266 g/mol. The van der Waals surface area contributed by atoms with E-state index in [0.29, 0.717) is 6.54 Å². The predicted molar refractivity (Wildman–Crippen MR) is 77.3 cm³/mol. The van der Waals surface area contributed by atoms with Gasteiger partial charge in [-0.05, 0) is 12.1 Å². The number of nitrogens with zero attached hydrogens (tertiary/aromatic N) is 5. The van der Waals surface area contributed by atoms with Crippen LogP contribution in [0.3, 0.4) is 0 Å². The minimum Gasteiger partial charge on any atom is -0.380 e. The Bertz CT molecular complexity index is 681. The second-order valence-electron chi connectivity index (χ2n) is 4.24. The van der Waals surface area contributed by atoms with Crippen LogP contribution in [0.15, 0.2) is 56.0 Å². The van der Waals surface area contributed by atoms with Crippen LogP contribution in [0.5, 0.6) is 0 Å². The molecule has 1 N–H and O–H groups in total. The summed E-state index contributed by atoms with van der Waals surface area (Å²) in [7, 11) is 0. The minimum atomic E-state index is 0.694. The van der Waals surface area contributed by atoms with Crippen molar-refractivity contribution in [3.05, 3.63) is 61.6 Å². The van der Waals surface area contributed by atoms with Crippen LogP contribution >= 0.6 is 0 Å². The summed E-state index contributed by atoms with van der Waals surface area (Å²) >= 11 is 0. The van der Waals surface area contributed by atoms with E-state index in [1.807, 2.05) is 35.3 Å². The van der Waals surface area contributed by atoms with Crippen LogP contribution in [-0.4, -0.2) is 24.3 Å². The molecule has 3 aromatic rings. The van der Waals surface area contributed by atoms with Gasteiger partial charge in [0.15, 0.2) is 0 Å². The summed E-state index contributed by atoms with van der Waals surface area (Å²) in [5, 5.41) is 7.42. The standard InChI is InChI=1S/C14H14N6/c1-2-20-10-12(8-18-20)7-16-13-3-4-14(17-9-13)19-6-5-15-11-19/h2-6,8-11,16H,1,7H2. The number of anilines is 1. The second kappa shape index (κ2) is 5.40. The molecular weight excluding hydrogens is 252 g/mol. The Hall–Kier alpha value is -2.89. The fraction of sp³-hybridized carbons (Fsp3) is 0.0714. The monoisotopic (exact) mass is 266 g/mol. The van der Waals surface area contributed by atoms with Crippen molar-refractivity contribution in [2.75, 3.05) is 5.32 Å². The van der Waals surface area contributed by atoms with Gasteiger partial charge in [-0.1, -0.05) is 6.58 Å². The van der Waals surface area contributed by atoms with Crippen molar-refractivity contribution in [3.8, 4) is 5.82 Å². The molecule has 3 aromatic heterocycles. The van der Waals surface area contributed by atoms with E-state index in [9.17, 15) is 0 Å². The first kappa shape index (κ1) is 12.2. The van der Waals surface area contributed by atoms with Crippen LogP contribution in [0, 0.1) is 0 Å². The first-order valence-corrected chi connectivity index (χ1v) is 6.19. The van der Waals surface area contributed by atoms with Gasteiger partial charge in [-0.3, -0.25) is 4.57 Å². The number of hydrogen-bond acceptors (Lipinski definition) is 4. The first-order valence-electron chi connectivity index (χ1n) is 6.19. The van der Waals surface area contributed by atoms with E-state index < -0.39 is 0 Å². The van der Waals surface area contributed by atoms with Crippen LogP contribution in [0.2, 0.25) is 0 Å². The zero-order chi connectivity index (χ0) is 13.8. The fourth-order valence-corrected chi connectivity index (χ4v) is 1.81. The second-order valence-corrected chi connectivity index (χ2v) is 4.24. The Morgan fingerprint density at radius 3 is 2.90 bits per heavy atom. The Labute approximate surface area is 116 Å². The highest BCUT2D eigenvalue weighted by Gasteiger charge is 1.99. The van der Waals surface area contributed by atoms with E-state index in [1.54, 1.807) is 29.6 Å². The molecule has 3 heterocycles. The van der Waals surface area contributed by atoms with Gasteiger partial charge in [-0.25, -0.2) is 14.6 Å². The molecule has 0 atom stereocenters. The summed E-state index contributed by atoms with van der Waals surface area (Å²) in [6.07, 6.45) is 12.5. The molecule has 0 saturated carbocycles. The largest absolute Gasteiger partial charge is 0.380 e. The average Bonchev–Trinajstić information content (AvgIpc) is 3.17. The lowest BCUT2D eigenvalue weighted by Gasteiger charge is -2.06. The SMILES string of the molecule is C=Cn1cc(CNc2ccc(-n3ccnc3)nc2)cn1. The highest BCUT2D eigenvalue weighted by Crippen LogP contribution is 2.11. The molecule has 0 aromatic carbocycles. The van der Waals surface area contributed by atoms with Crippen LogP contribution < -0.4 is 5.32 Å². The maximum absolute atomic E-state index is 4.38. The normalized spacial score (nSPS) is 10.4. The molecule has 6 nitrogen and oxygen atoms in total. The summed E-state index contributed by atoms with van der Waals surface area (Å²) in [5.74, 6) is 0.840. The highest BCUT2D eigenvalue weighted by molar-refractivity contribution is 5.44. The van der Waals surface area contributed by atoms with Crippen molar-refractivity contribution in [2.45, 2.75) is 6.54 Å². The topological polar surface area (TPSA) is 60.6 Å². The van der Waals surface area contributed by atoms with Crippen molar-refractivity contribution in [2.24, 2.45) is 0 Å². The molecule has 0 amide bonds. The molecule has 0 unspecified atom stereocenters. The highest BCUT2D eigenvalue weighted by atomic mass is 15.2. The molecule has 0 saturated heterocycles. The van der Waals surface area contributed by atoms with Gasteiger partial charge in [0.05, 0.1) is 18.1 Å². The maximum Gasteiger partial charge on any atom is 0.137 e. The molecule has 100 valence electrons. The number of imidazole rings is 1. The molecule has 20 heavy (non-hydrogen) atoms. The predicted octanol–water partition coefficient (Wildman–Crippen LogP) is 2.18. The molecule has 0 aliphatic rings. The molecule has 6 heteroatoms. The lowest BCUT2D eigenvalue weighted by molar-refractivity contribution is 0.936. The van der Waals surface area contributed by atoms with E-state index in [4.69, 9.17) is 0 Å². The third-order valence-corrected chi connectivity index (χ3v) is 2.86. The maximum atomic E-state index is 4.38. The van der Waals surface area contributed by atoms with Crippen molar-refractivity contribution in [3.63, 3.8) is 0 Å². The molecule has 0 aliphatic carbocycles. The van der Waals surface area contributed by atoms with Gasteiger partial charge >= 0.3 is 0 Å². The summed E-state index contributed by atoms with van der Waals surface area (Å²) in [5.41, 5.74) is 2.05. The third kappa shape index (κ3) is 2.59. The molecule has 0 fully saturated rings. The van der Waals surface area contributed by atoms with Gasteiger partial charge in [0.1, 0.15) is 12.1 Å². The number of hydrogen-bond donors (Lipinski definition) is 1. The van der Waals surface area contributed by atoms with Crippen molar-refractivity contribution < 1.29 is 0 Å². The number of aromatic nitrogens is 5. The quantitative estimate of drug-likeness (QED) is 0.769. The zero-order valence-corrected chi connectivity index (χ0v) is 10.8. The lowest BCUT2D eigenvalue weighted by atomic mass is 10.3. The number of rotatable bonds is 5. The van der Waals surface area contributed by atoms with Gasteiger partial charge in [0.2, 0.25) is 0 Å². The van der Waals surface area contributed by atoms with E-state index >= 15 is 0 Å². The van der Waals surface area contributed by atoms with E-state index in [0.717, 1.165) is 17.1 Å². The summed E-state index contributed by atoms with van der Waals surface area (Å²) in [6, 6.07) is 3.93. The van der Waals surface area contributed by atoms with Crippen LogP contribution in [0.25, 0.3) is 12.0 Å². The molecule has 3 rings (SSSR count). The fourth-order valence-electron chi connectivity index (χ4n) is 1.81. The molecule has 0 aliphatic heterocycles. The van der Waals surface area contributed by atoms with Crippen molar-refractivity contribution in [1.82, 2.24) is 24.3 Å². The summed E-state index contributed by atoms with van der Waals surface area (Å²) < 4.78 is 3.54. The Morgan fingerprint density at radius 1 is 1.30 bits per heavy atom. The Kier molecular flexibility index (Phi) is 3.28. The van der Waals surface area contributed by atoms with E-state index in [1.165, 1.54) is 0 Å². The molecule has 0 radical (unpaired) electrons. The Morgan fingerprint density at radius 2 is 2.25 bits per heavy atom. The minimum absolute atomic E-state index is 0.694. The van der Waals surface area contributed by atoms with Crippen LogP contribution in [-0.2, 0) is 6.54 Å². The van der Waals surface area contributed by atoms with Gasteiger partial charge in [-0.15, -0.1) is 0 Å². The summed E-state index contributed by atoms with van der Waals surface area (Å²) in [6.45, 7) is 4.35. The van der Waals surface area contributed by atoms with Crippen molar-refractivity contribution >= 4 is 11.9 Å². The third-order valence-electron chi connectivity index (χ3n) is 2.86. The van der Waals surface area contributed by atoms with Gasteiger partial charge in [0, 0.05) is 36.9 Å². The smallest absolute Gasteiger partial charge is 0.137 e. The number of pyridine rings is 1. The molecular formula is C14H14N6. The van der Waals surface area contributed by atoms with Crippen LogP contribution in [0.4, 0.5) is 5.69 Å².